The van der Waals surface area contributed by atoms with E-state index in [0.717, 1.165) is 19.1 Å². The maximum atomic E-state index is 12.0. The summed E-state index contributed by atoms with van der Waals surface area (Å²) >= 11 is 0. The predicted molar refractivity (Wildman–Crippen MR) is 89.2 cm³/mol. The average molecular weight is 351 g/mol. The lowest BCUT2D eigenvalue weighted by atomic mass is 9.92. The van der Waals surface area contributed by atoms with Crippen molar-refractivity contribution in [2.24, 2.45) is 11.7 Å². The van der Waals surface area contributed by atoms with Gasteiger partial charge in [-0.25, -0.2) is 8.42 Å². The van der Waals surface area contributed by atoms with Gasteiger partial charge in [-0.3, -0.25) is 9.48 Å². The summed E-state index contributed by atoms with van der Waals surface area (Å²) in [5.41, 5.74) is 6.22. The van der Waals surface area contributed by atoms with Gasteiger partial charge in [0.15, 0.2) is 9.84 Å². The summed E-state index contributed by atoms with van der Waals surface area (Å²) in [6.07, 6.45) is 5.01. The molecule has 8 heteroatoms. The van der Waals surface area contributed by atoms with E-state index in [2.05, 4.69) is 5.10 Å². The van der Waals surface area contributed by atoms with E-state index in [4.69, 9.17) is 10.5 Å². The summed E-state index contributed by atoms with van der Waals surface area (Å²) in [6.45, 7) is 1.38. The lowest BCUT2D eigenvalue weighted by molar-refractivity contribution is -0.122. The number of nitrogens with zero attached hydrogens (tertiary/aromatic N) is 2. The smallest absolute Gasteiger partial charge is 0.242 e. The first kappa shape index (κ1) is 16.9. The monoisotopic (exact) mass is 351 g/mol. The number of nitrogens with two attached hydrogens (primary N) is 1. The highest BCUT2D eigenvalue weighted by Crippen LogP contribution is 2.30. The van der Waals surface area contributed by atoms with Gasteiger partial charge in [-0.05, 0) is 37.3 Å². The van der Waals surface area contributed by atoms with Crippen molar-refractivity contribution in [3.63, 3.8) is 0 Å². The van der Waals surface area contributed by atoms with Crippen LogP contribution < -0.4 is 5.73 Å². The highest BCUT2D eigenvalue weighted by Gasteiger charge is 2.27. The first-order chi connectivity index (χ1) is 11.4. The van der Waals surface area contributed by atoms with Gasteiger partial charge in [0.25, 0.3) is 0 Å². The minimum atomic E-state index is -3.38. The number of rotatable bonds is 5. The van der Waals surface area contributed by atoms with E-state index in [0.29, 0.717) is 36.5 Å². The number of amides is 1. The van der Waals surface area contributed by atoms with Crippen LogP contribution in [-0.4, -0.2) is 43.6 Å². The van der Waals surface area contributed by atoms with E-state index in [1.54, 1.807) is 22.9 Å². The zero-order chi connectivity index (χ0) is 17.3. The molecule has 0 spiro atoms. The average Bonchev–Trinajstić information content (AvgIpc) is 2.96. The lowest BCUT2D eigenvalue weighted by Crippen LogP contribution is -2.30. The molecule has 1 amide bonds. The van der Waals surface area contributed by atoms with Crippen LogP contribution in [0.15, 0.2) is 29.3 Å². The van der Waals surface area contributed by atoms with E-state index in [1.165, 1.54) is 6.20 Å². The number of carbonyl (C=O) groups excluding carboxylic acids is 1. The summed E-state index contributed by atoms with van der Waals surface area (Å²) in [5.74, 6) is -0.121. The Morgan fingerprint density at radius 2 is 2.12 bits per heavy atom. The quantitative estimate of drug-likeness (QED) is 0.874. The normalized spacial score (nSPS) is 17.9. The van der Waals surface area contributed by atoms with Gasteiger partial charge in [0.1, 0.15) is 6.04 Å². The Labute approximate surface area is 140 Å². The molecule has 0 radical (unpaired) electrons. The highest BCUT2D eigenvalue weighted by atomic mass is 32.2. The molecular weight excluding hydrogens is 330 g/mol. The summed E-state index contributed by atoms with van der Waals surface area (Å²) < 4.78 is 30.8. The summed E-state index contributed by atoms with van der Waals surface area (Å²) in [7, 11) is -3.38. The van der Waals surface area contributed by atoms with Crippen molar-refractivity contribution in [3.8, 4) is 0 Å². The first-order valence-corrected chi connectivity index (χ1v) is 9.80. The molecule has 1 aliphatic heterocycles. The SMILES string of the molecule is CS(=O)(=O)c1cccc2c1cnn2C(CC1CCOCC1)C(N)=O. The second-order valence-corrected chi connectivity index (χ2v) is 8.24. The van der Waals surface area contributed by atoms with Crippen molar-refractivity contribution in [1.29, 1.82) is 0 Å². The first-order valence-electron chi connectivity index (χ1n) is 7.91. The third-order valence-electron chi connectivity index (χ3n) is 4.52. The molecule has 0 saturated carbocycles. The zero-order valence-electron chi connectivity index (χ0n) is 13.5. The Kier molecular flexibility index (Phi) is 4.60. The standard InChI is InChI=1S/C16H21N3O4S/c1-24(21,22)15-4-2-3-13-12(15)10-18-19(13)14(16(17)20)9-11-5-7-23-8-6-11/h2-4,10-11,14H,5-9H2,1H3,(H2,17,20). The van der Waals surface area contributed by atoms with Crippen LogP contribution in [-0.2, 0) is 19.4 Å². The van der Waals surface area contributed by atoms with Crippen LogP contribution in [0.5, 0.6) is 0 Å². The number of fused-ring (bicyclic) bond motifs is 1. The molecule has 1 fully saturated rings. The second kappa shape index (κ2) is 6.52. The van der Waals surface area contributed by atoms with Crippen LogP contribution in [0.2, 0.25) is 0 Å². The molecule has 1 aromatic heterocycles. The molecule has 2 heterocycles. The molecule has 7 nitrogen and oxygen atoms in total. The lowest BCUT2D eigenvalue weighted by Gasteiger charge is -2.25. The van der Waals surface area contributed by atoms with Crippen LogP contribution in [0.4, 0.5) is 0 Å². The van der Waals surface area contributed by atoms with Crippen LogP contribution >= 0.6 is 0 Å². The number of benzene rings is 1. The van der Waals surface area contributed by atoms with Gasteiger partial charge in [0.2, 0.25) is 5.91 Å². The van der Waals surface area contributed by atoms with Crippen LogP contribution in [0.3, 0.4) is 0 Å². The summed E-state index contributed by atoms with van der Waals surface area (Å²) in [4.78, 5) is 12.2. The van der Waals surface area contributed by atoms with E-state index in [9.17, 15) is 13.2 Å². The number of carbonyl (C=O) groups is 1. The third-order valence-corrected chi connectivity index (χ3v) is 5.68. The minimum absolute atomic E-state index is 0.209. The highest BCUT2D eigenvalue weighted by molar-refractivity contribution is 7.91. The molecule has 1 saturated heterocycles. The van der Waals surface area contributed by atoms with Crippen LogP contribution in [0.1, 0.15) is 25.3 Å². The van der Waals surface area contributed by atoms with Gasteiger partial charge in [0.05, 0.1) is 16.6 Å². The van der Waals surface area contributed by atoms with Gasteiger partial charge < -0.3 is 10.5 Å². The molecule has 0 aliphatic carbocycles. The Morgan fingerprint density at radius 3 is 2.75 bits per heavy atom. The number of sulfone groups is 1. The van der Waals surface area contributed by atoms with Crippen molar-refractivity contribution in [2.75, 3.05) is 19.5 Å². The number of ether oxygens (including phenoxy) is 1. The molecule has 1 unspecified atom stereocenters. The second-order valence-electron chi connectivity index (χ2n) is 6.26. The summed E-state index contributed by atoms with van der Waals surface area (Å²) in [5, 5.41) is 4.79. The predicted octanol–water partition coefficient (Wildman–Crippen LogP) is 1.28. The molecular formula is C16H21N3O4S. The van der Waals surface area contributed by atoms with E-state index >= 15 is 0 Å². The molecule has 130 valence electrons. The Morgan fingerprint density at radius 1 is 1.42 bits per heavy atom. The molecule has 2 aromatic rings. The number of aromatic nitrogens is 2. The fraction of sp³-hybridized carbons (Fsp3) is 0.500. The molecule has 0 bridgehead atoms. The fourth-order valence-electron chi connectivity index (χ4n) is 3.25. The Bertz CT molecular complexity index is 853. The van der Waals surface area contributed by atoms with Gasteiger partial charge in [-0.15, -0.1) is 0 Å². The minimum Gasteiger partial charge on any atom is -0.381 e. The van der Waals surface area contributed by atoms with Crippen molar-refractivity contribution in [2.45, 2.75) is 30.2 Å². The van der Waals surface area contributed by atoms with Crippen LogP contribution in [0.25, 0.3) is 10.9 Å². The Hall–Kier alpha value is -1.93. The molecule has 1 atom stereocenters. The van der Waals surface area contributed by atoms with E-state index in [-0.39, 0.29) is 4.90 Å². The van der Waals surface area contributed by atoms with Gasteiger partial charge in [-0.1, -0.05) is 6.07 Å². The summed E-state index contributed by atoms with van der Waals surface area (Å²) in [6, 6.07) is 4.36. The van der Waals surface area contributed by atoms with Gasteiger partial charge >= 0.3 is 0 Å². The zero-order valence-corrected chi connectivity index (χ0v) is 14.3. The maximum Gasteiger partial charge on any atom is 0.242 e. The van der Waals surface area contributed by atoms with Crippen LogP contribution in [0, 0.1) is 5.92 Å². The van der Waals surface area contributed by atoms with Crippen molar-refractivity contribution >= 4 is 26.6 Å². The van der Waals surface area contributed by atoms with Gasteiger partial charge in [-0.2, -0.15) is 5.10 Å². The van der Waals surface area contributed by atoms with Gasteiger partial charge in [0, 0.05) is 24.9 Å². The van der Waals surface area contributed by atoms with Crippen molar-refractivity contribution < 1.29 is 17.9 Å². The molecule has 24 heavy (non-hydrogen) atoms. The molecule has 3 rings (SSSR count). The topological polar surface area (TPSA) is 104 Å². The Balaban J connectivity index is 2.01. The van der Waals surface area contributed by atoms with E-state index in [1.807, 2.05) is 0 Å². The molecule has 2 N–H and O–H groups in total. The fourth-order valence-corrected chi connectivity index (χ4v) is 4.13. The van der Waals surface area contributed by atoms with E-state index < -0.39 is 21.8 Å². The molecule has 1 aliphatic rings. The largest absolute Gasteiger partial charge is 0.381 e. The van der Waals surface area contributed by atoms with Crippen molar-refractivity contribution in [3.05, 3.63) is 24.4 Å². The number of primary amides is 1. The third kappa shape index (κ3) is 3.29. The van der Waals surface area contributed by atoms with Crippen molar-refractivity contribution in [1.82, 2.24) is 9.78 Å². The molecule has 1 aromatic carbocycles. The number of hydrogen-bond acceptors (Lipinski definition) is 5. The maximum absolute atomic E-state index is 12.0. The number of hydrogen-bond donors (Lipinski definition) is 1.